The molecule has 0 spiro atoms. The number of carbonyl (C=O) groups is 1. The van der Waals surface area contributed by atoms with E-state index >= 15 is 0 Å². The number of fused-ring (bicyclic) bond motifs is 1. The Hall–Kier alpha value is -4.49. The second-order valence-corrected chi connectivity index (χ2v) is 8.39. The van der Waals surface area contributed by atoms with Gasteiger partial charge in [0.05, 0.1) is 41.4 Å². The molecule has 1 amide bonds. The molecular weight excluding hydrogens is 438 g/mol. The fourth-order valence-electron chi connectivity index (χ4n) is 4.32. The Labute approximate surface area is 202 Å². The van der Waals surface area contributed by atoms with E-state index in [0.29, 0.717) is 16.8 Å². The predicted octanol–water partition coefficient (Wildman–Crippen LogP) is 4.84. The number of amides is 1. The van der Waals surface area contributed by atoms with Crippen molar-refractivity contribution in [1.82, 2.24) is 15.2 Å². The van der Waals surface area contributed by atoms with Gasteiger partial charge >= 0.3 is 0 Å². The number of aromatic nitrogens is 3. The van der Waals surface area contributed by atoms with Gasteiger partial charge in [-0.05, 0) is 42.3 Å². The summed E-state index contributed by atoms with van der Waals surface area (Å²) in [5, 5.41) is 21.8. The second-order valence-electron chi connectivity index (χ2n) is 8.39. The van der Waals surface area contributed by atoms with Crippen molar-refractivity contribution in [1.29, 1.82) is 0 Å². The number of aryl methyl sites for hydroxylation is 1. The molecule has 35 heavy (non-hydrogen) atoms. The Morgan fingerprint density at radius 3 is 2.57 bits per heavy atom. The maximum atomic E-state index is 12.2. The van der Waals surface area contributed by atoms with Crippen LogP contribution >= 0.6 is 0 Å². The molecule has 2 heterocycles. The number of aliphatic hydroxyl groups excluding tert-OH is 1. The third kappa shape index (κ3) is 4.37. The molecule has 0 saturated carbocycles. The SMILES string of the molecule is Cc1n[nH]c2ccc(-c3cc(NC(CO)c4ccccc4)cnc3-c3ccccc3C(N)=O)cc12. The van der Waals surface area contributed by atoms with Gasteiger partial charge in [-0.1, -0.05) is 54.6 Å². The average molecular weight is 464 g/mol. The minimum Gasteiger partial charge on any atom is -0.394 e. The number of nitrogens with zero attached hydrogens (tertiary/aromatic N) is 2. The molecular formula is C28H25N5O2. The molecule has 5 N–H and O–H groups in total. The van der Waals surface area contributed by atoms with E-state index in [1.54, 1.807) is 18.3 Å². The molecule has 0 aliphatic carbocycles. The van der Waals surface area contributed by atoms with Gasteiger partial charge in [0.1, 0.15) is 0 Å². The molecule has 5 aromatic rings. The first-order chi connectivity index (χ1) is 17.0. The topological polar surface area (TPSA) is 117 Å². The van der Waals surface area contributed by atoms with Crippen LogP contribution in [0.25, 0.3) is 33.3 Å². The highest BCUT2D eigenvalue weighted by atomic mass is 16.3. The fourth-order valence-corrected chi connectivity index (χ4v) is 4.32. The lowest BCUT2D eigenvalue weighted by Crippen LogP contribution is -2.15. The number of rotatable bonds is 7. The normalized spacial score (nSPS) is 11.9. The van der Waals surface area contributed by atoms with Crippen molar-refractivity contribution in [3.05, 3.63) is 102 Å². The molecule has 0 bridgehead atoms. The Morgan fingerprint density at radius 1 is 1.03 bits per heavy atom. The van der Waals surface area contributed by atoms with E-state index in [1.807, 2.05) is 67.6 Å². The van der Waals surface area contributed by atoms with Gasteiger partial charge in [-0.3, -0.25) is 14.9 Å². The first-order valence-electron chi connectivity index (χ1n) is 11.3. The number of anilines is 1. The minimum absolute atomic E-state index is 0.0776. The zero-order valence-corrected chi connectivity index (χ0v) is 19.2. The highest BCUT2D eigenvalue weighted by molar-refractivity contribution is 6.01. The second kappa shape index (κ2) is 9.40. The standard InChI is InChI=1S/C28H25N5O2/c1-17-23-13-19(11-12-25(23)33-32-17)24-14-20(31-26(16-34)18-7-3-2-4-8-18)15-30-27(24)21-9-5-6-10-22(21)28(29)35/h2-15,26,31,34H,16H2,1H3,(H2,29,35)(H,32,33). The summed E-state index contributed by atoms with van der Waals surface area (Å²) in [6.07, 6.45) is 1.71. The van der Waals surface area contributed by atoms with Crippen molar-refractivity contribution in [3.63, 3.8) is 0 Å². The molecule has 0 radical (unpaired) electrons. The van der Waals surface area contributed by atoms with Crippen molar-refractivity contribution in [2.24, 2.45) is 5.73 Å². The van der Waals surface area contributed by atoms with Gasteiger partial charge in [0.25, 0.3) is 0 Å². The zero-order valence-electron chi connectivity index (χ0n) is 19.2. The van der Waals surface area contributed by atoms with Gasteiger partial charge < -0.3 is 16.2 Å². The van der Waals surface area contributed by atoms with Crippen LogP contribution in [0.3, 0.4) is 0 Å². The quantitative estimate of drug-likeness (QED) is 0.275. The van der Waals surface area contributed by atoms with E-state index in [0.717, 1.165) is 39.0 Å². The summed E-state index contributed by atoms with van der Waals surface area (Å²) in [6.45, 7) is 1.87. The van der Waals surface area contributed by atoms with Gasteiger partial charge in [0.2, 0.25) is 5.91 Å². The molecule has 0 saturated heterocycles. The number of aromatic amines is 1. The molecule has 2 aromatic heterocycles. The number of aliphatic hydroxyl groups is 1. The Kier molecular flexibility index (Phi) is 5.99. The Morgan fingerprint density at radius 2 is 1.80 bits per heavy atom. The van der Waals surface area contributed by atoms with Gasteiger partial charge in [-0.2, -0.15) is 5.10 Å². The van der Waals surface area contributed by atoms with Crippen LogP contribution in [0.2, 0.25) is 0 Å². The highest BCUT2D eigenvalue weighted by Crippen LogP contribution is 2.36. The van der Waals surface area contributed by atoms with Gasteiger partial charge in [-0.15, -0.1) is 0 Å². The summed E-state index contributed by atoms with van der Waals surface area (Å²) in [5.74, 6) is -0.513. The van der Waals surface area contributed by atoms with Crippen LogP contribution in [0.4, 0.5) is 5.69 Å². The number of nitrogens with one attached hydrogen (secondary N) is 2. The third-order valence-corrected chi connectivity index (χ3v) is 6.13. The number of nitrogens with two attached hydrogens (primary N) is 1. The van der Waals surface area contributed by atoms with Crippen molar-refractivity contribution < 1.29 is 9.90 Å². The van der Waals surface area contributed by atoms with Crippen LogP contribution < -0.4 is 11.1 Å². The van der Waals surface area contributed by atoms with E-state index in [4.69, 9.17) is 10.7 Å². The van der Waals surface area contributed by atoms with Crippen molar-refractivity contribution in [2.75, 3.05) is 11.9 Å². The maximum Gasteiger partial charge on any atom is 0.249 e. The van der Waals surface area contributed by atoms with Crippen LogP contribution in [0.1, 0.15) is 27.7 Å². The lowest BCUT2D eigenvalue weighted by atomic mass is 9.94. The number of benzene rings is 3. The van der Waals surface area contributed by atoms with E-state index < -0.39 is 5.91 Å². The number of H-pyrrole nitrogens is 1. The number of primary amides is 1. The summed E-state index contributed by atoms with van der Waals surface area (Å²) in [7, 11) is 0. The van der Waals surface area contributed by atoms with E-state index in [9.17, 15) is 9.90 Å². The number of hydrogen-bond acceptors (Lipinski definition) is 5. The average Bonchev–Trinajstić information content (AvgIpc) is 3.27. The van der Waals surface area contributed by atoms with Gasteiger partial charge in [-0.25, -0.2) is 0 Å². The summed E-state index contributed by atoms with van der Waals surface area (Å²) < 4.78 is 0. The van der Waals surface area contributed by atoms with E-state index in [-0.39, 0.29) is 12.6 Å². The minimum atomic E-state index is -0.513. The van der Waals surface area contributed by atoms with Gasteiger partial charge in [0, 0.05) is 22.1 Å². The van der Waals surface area contributed by atoms with Crippen LogP contribution in [0, 0.1) is 6.92 Å². The smallest absolute Gasteiger partial charge is 0.249 e. The number of pyridine rings is 1. The lowest BCUT2D eigenvalue weighted by molar-refractivity contribution is 0.100. The van der Waals surface area contributed by atoms with E-state index in [1.165, 1.54) is 0 Å². The molecule has 7 nitrogen and oxygen atoms in total. The molecule has 0 fully saturated rings. The van der Waals surface area contributed by atoms with Crippen molar-refractivity contribution in [3.8, 4) is 22.4 Å². The van der Waals surface area contributed by atoms with Gasteiger partial charge in [0.15, 0.2) is 0 Å². The molecule has 0 aliphatic rings. The monoisotopic (exact) mass is 463 g/mol. The summed E-state index contributed by atoms with van der Waals surface area (Å²) in [4.78, 5) is 16.9. The first kappa shape index (κ1) is 22.3. The first-order valence-corrected chi connectivity index (χ1v) is 11.3. The van der Waals surface area contributed by atoms with Crippen molar-refractivity contribution in [2.45, 2.75) is 13.0 Å². The van der Waals surface area contributed by atoms with Crippen LogP contribution in [-0.2, 0) is 0 Å². The fraction of sp³-hybridized carbons (Fsp3) is 0.107. The van der Waals surface area contributed by atoms with Crippen LogP contribution in [0.15, 0.2) is 85.1 Å². The summed E-state index contributed by atoms with van der Waals surface area (Å²) in [6, 6.07) is 24.7. The highest BCUT2D eigenvalue weighted by Gasteiger charge is 2.18. The van der Waals surface area contributed by atoms with Crippen molar-refractivity contribution >= 4 is 22.5 Å². The molecule has 5 rings (SSSR count). The molecule has 3 aromatic carbocycles. The number of hydrogen-bond donors (Lipinski definition) is 4. The Balaban J connectivity index is 1.66. The molecule has 0 aliphatic heterocycles. The molecule has 1 atom stereocenters. The summed E-state index contributed by atoms with van der Waals surface area (Å²) >= 11 is 0. The zero-order chi connectivity index (χ0) is 24.4. The number of carbonyl (C=O) groups excluding carboxylic acids is 1. The largest absolute Gasteiger partial charge is 0.394 e. The van der Waals surface area contributed by atoms with E-state index in [2.05, 4.69) is 21.6 Å². The molecule has 1 unspecified atom stereocenters. The van der Waals surface area contributed by atoms with Crippen LogP contribution in [-0.4, -0.2) is 32.8 Å². The Bertz CT molecular complexity index is 1510. The lowest BCUT2D eigenvalue weighted by Gasteiger charge is -2.20. The maximum absolute atomic E-state index is 12.2. The molecule has 7 heteroatoms. The molecule has 174 valence electrons. The summed E-state index contributed by atoms with van der Waals surface area (Å²) in [5.41, 5.74) is 12.7. The predicted molar refractivity (Wildman–Crippen MR) is 138 cm³/mol. The van der Waals surface area contributed by atoms with Crippen LogP contribution in [0.5, 0.6) is 0 Å². The third-order valence-electron chi connectivity index (χ3n) is 6.13.